The van der Waals surface area contributed by atoms with Crippen LogP contribution in [0.3, 0.4) is 0 Å². The van der Waals surface area contributed by atoms with E-state index in [1.807, 2.05) is 0 Å². The van der Waals surface area contributed by atoms with E-state index in [4.69, 9.17) is 0 Å². The van der Waals surface area contributed by atoms with E-state index in [9.17, 15) is 0 Å². The van der Waals surface area contributed by atoms with Crippen LogP contribution in [0.2, 0.25) is 0 Å². The molecule has 0 unspecified atom stereocenters. The summed E-state index contributed by atoms with van der Waals surface area (Å²) in [4.78, 5) is 0. The molecule has 0 saturated carbocycles. The average Bonchev–Trinajstić information content (AvgIpc) is 1.90. The van der Waals surface area contributed by atoms with Gasteiger partial charge < -0.3 is 0 Å². The Kier molecular flexibility index (Phi) is 5.89. The van der Waals surface area contributed by atoms with E-state index in [0.717, 1.165) is 0 Å². The zero-order chi connectivity index (χ0) is 6.69. The van der Waals surface area contributed by atoms with Gasteiger partial charge in [-0.25, -0.2) is 0 Å². The zero-order valence-corrected chi connectivity index (χ0v) is 11.8. The molecule has 1 aromatic carbocycles. The molecular weight excluding hydrogens is 309 g/mol. The Bertz CT molecular complexity index is 183. The van der Waals surface area contributed by atoms with Crippen molar-refractivity contribution < 1.29 is 18.3 Å². The predicted molar refractivity (Wildman–Crippen MR) is 48.2 cm³/mol. The first kappa shape index (κ1) is 10.8. The van der Waals surface area contributed by atoms with Gasteiger partial charge in [-0.3, -0.25) is 0 Å². The Morgan fingerprint density at radius 3 is 2.10 bits per heavy atom. The molecule has 0 atom stereocenters. The van der Waals surface area contributed by atoms with Crippen molar-refractivity contribution in [2.45, 2.75) is 5.02 Å². The van der Waals surface area contributed by atoms with Crippen LogP contribution in [-0.4, -0.2) is 0 Å². The van der Waals surface area contributed by atoms with Gasteiger partial charge in [0.25, 0.3) is 0 Å². The minimum absolute atomic E-state index is 0. The first-order valence-electron chi connectivity index (χ1n) is 2.86. The molecule has 0 fully saturated rings. The van der Waals surface area contributed by atoms with Gasteiger partial charge in [-0.1, -0.05) is 0 Å². The van der Waals surface area contributed by atoms with Crippen molar-refractivity contribution in [2.75, 3.05) is 0 Å². The fourth-order valence-corrected chi connectivity index (χ4v) is 1.61. The van der Waals surface area contributed by atoms with Gasteiger partial charge in [-0.2, -0.15) is 0 Å². The first-order chi connectivity index (χ1) is 4.33. The normalized spacial score (nSPS) is 8.70. The number of hydrogen-bond acceptors (Lipinski definition) is 0. The maximum atomic E-state index is 3.38. The van der Waals surface area contributed by atoms with Crippen molar-refractivity contribution in [3.8, 4) is 0 Å². The SMILES string of the molecule is Br.[Zn][CH2]c1ccc(Br)cc1. The number of halogens is 2. The van der Waals surface area contributed by atoms with Crippen LogP contribution >= 0.6 is 32.9 Å². The maximum absolute atomic E-state index is 3.38. The van der Waals surface area contributed by atoms with Crippen molar-refractivity contribution in [1.29, 1.82) is 0 Å². The van der Waals surface area contributed by atoms with Gasteiger partial charge in [0.2, 0.25) is 0 Å². The van der Waals surface area contributed by atoms with Crippen molar-refractivity contribution in [1.82, 2.24) is 0 Å². The monoisotopic (exact) mass is 313 g/mol. The van der Waals surface area contributed by atoms with Gasteiger partial charge in [-0.15, -0.1) is 17.0 Å². The molecule has 10 heavy (non-hydrogen) atoms. The van der Waals surface area contributed by atoms with Crippen LogP contribution in [-0.2, 0) is 23.3 Å². The molecule has 0 heterocycles. The molecule has 0 nitrogen and oxygen atoms in total. The van der Waals surface area contributed by atoms with E-state index in [1.54, 1.807) is 0 Å². The van der Waals surface area contributed by atoms with E-state index in [2.05, 4.69) is 40.2 Å². The van der Waals surface area contributed by atoms with Crippen LogP contribution in [0.5, 0.6) is 0 Å². The molecule has 0 amide bonds. The molecule has 0 aromatic heterocycles. The summed E-state index contributed by atoms with van der Waals surface area (Å²) in [5, 5.41) is 1.24. The number of benzene rings is 1. The fraction of sp³-hybridized carbons (Fsp3) is 0.143. The van der Waals surface area contributed by atoms with Crippen LogP contribution in [0, 0.1) is 0 Å². The van der Waals surface area contributed by atoms with Gasteiger partial charge in [0.1, 0.15) is 0 Å². The second-order valence-electron chi connectivity index (χ2n) is 1.88. The zero-order valence-electron chi connectivity index (χ0n) is 5.51. The number of hydrogen-bond donors (Lipinski definition) is 0. The molecule has 0 spiro atoms. The topological polar surface area (TPSA) is 0 Å². The van der Waals surface area contributed by atoms with Gasteiger partial charge in [-0.05, 0) is 0 Å². The van der Waals surface area contributed by atoms with E-state index >= 15 is 0 Å². The van der Waals surface area contributed by atoms with Gasteiger partial charge >= 0.3 is 73.5 Å². The molecule has 0 N–H and O–H groups in total. The summed E-state index contributed by atoms with van der Waals surface area (Å²) in [5.74, 6) is 0. The van der Waals surface area contributed by atoms with Crippen LogP contribution < -0.4 is 0 Å². The third-order valence-corrected chi connectivity index (χ3v) is 2.94. The summed E-state index contributed by atoms with van der Waals surface area (Å²) in [5.41, 5.74) is 1.44. The van der Waals surface area contributed by atoms with Crippen LogP contribution in [0.1, 0.15) is 5.56 Å². The minimum atomic E-state index is 0. The first-order valence-corrected chi connectivity index (χ1v) is 5.75. The molecule has 51 valence electrons. The van der Waals surface area contributed by atoms with Crippen LogP contribution in [0.25, 0.3) is 0 Å². The molecule has 0 radical (unpaired) electrons. The predicted octanol–water partition coefficient (Wildman–Crippen LogP) is 3.07. The Morgan fingerprint density at radius 2 is 1.70 bits per heavy atom. The number of rotatable bonds is 1. The molecule has 0 aliphatic carbocycles. The molecule has 0 aliphatic rings. The molecule has 1 rings (SSSR count). The summed E-state index contributed by atoms with van der Waals surface area (Å²) in [6, 6.07) is 8.50. The molecule has 1 aromatic rings. The molecule has 0 saturated heterocycles. The van der Waals surface area contributed by atoms with Gasteiger partial charge in [0.05, 0.1) is 0 Å². The standard InChI is InChI=1S/C7H6Br.BrH.Zn/c1-6-2-4-7(8)5-3-6;;/h2-5H,1H2;1H;. The van der Waals surface area contributed by atoms with Crippen molar-refractivity contribution >= 4 is 32.9 Å². The van der Waals surface area contributed by atoms with E-state index in [-0.39, 0.29) is 17.0 Å². The summed E-state index contributed by atoms with van der Waals surface area (Å²) in [6.45, 7) is 0. The Labute approximate surface area is 90.0 Å². The van der Waals surface area contributed by atoms with E-state index in [0.29, 0.717) is 0 Å². The summed E-state index contributed by atoms with van der Waals surface area (Å²) in [6.07, 6.45) is 0. The van der Waals surface area contributed by atoms with Crippen LogP contribution in [0.4, 0.5) is 0 Å². The third-order valence-electron chi connectivity index (χ3n) is 1.20. The van der Waals surface area contributed by atoms with Crippen LogP contribution in [0.15, 0.2) is 28.7 Å². The Hall–Kier alpha value is 0.803. The van der Waals surface area contributed by atoms with Gasteiger partial charge in [0.15, 0.2) is 0 Å². The molecule has 0 aliphatic heterocycles. The Balaban J connectivity index is 0.000000810. The quantitative estimate of drug-likeness (QED) is 0.699. The average molecular weight is 316 g/mol. The van der Waals surface area contributed by atoms with Crippen molar-refractivity contribution in [3.05, 3.63) is 34.3 Å². The fourth-order valence-electron chi connectivity index (χ4n) is 0.651. The molecular formula is C7H7Br2Zn. The molecule has 3 heteroatoms. The second-order valence-corrected chi connectivity index (χ2v) is 3.84. The van der Waals surface area contributed by atoms with Gasteiger partial charge in [0, 0.05) is 0 Å². The van der Waals surface area contributed by atoms with E-state index in [1.165, 1.54) is 33.4 Å². The molecule has 0 bridgehead atoms. The third kappa shape index (κ3) is 3.27. The summed E-state index contributed by atoms with van der Waals surface area (Å²) in [7, 11) is 0. The van der Waals surface area contributed by atoms with E-state index < -0.39 is 0 Å². The summed E-state index contributed by atoms with van der Waals surface area (Å²) < 4.78 is 1.17. The summed E-state index contributed by atoms with van der Waals surface area (Å²) >= 11 is 4.73. The van der Waals surface area contributed by atoms with Crippen molar-refractivity contribution in [2.24, 2.45) is 0 Å². The van der Waals surface area contributed by atoms with Crippen molar-refractivity contribution in [3.63, 3.8) is 0 Å². The second kappa shape index (κ2) is 5.45. The Morgan fingerprint density at radius 1 is 1.20 bits per heavy atom.